The van der Waals surface area contributed by atoms with E-state index in [4.69, 9.17) is 11.6 Å². The van der Waals surface area contributed by atoms with Crippen LogP contribution in [0.5, 0.6) is 5.75 Å². The Morgan fingerprint density at radius 2 is 2.04 bits per heavy atom. The van der Waals surface area contributed by atoms with Crippen molar-refractivity contribution in [1.82, 2.24) is 15.6 Å². The van der Waals surface area contributed by atoms with E-state index in [-0.39, 0.29) is 17.4 Å². The van der Waals surface area contributed by atoms with Crippen molar-refractivity contribution in [3.8, 4) is 16.9 Å². The number of pyridine rings is 1. The summed E-state index contributed by atoms with van der Waals surface area (Å²) in [4.78, 5) is 27.8. The topological polar surface area (TPSA) is 91.3 Å². The van der Waals surface area contributed by atoms with Crippen LogP contribution in [0.2, 0.25) is 5.02 Å². The van der Waals surface area contributed by atoms with E-state index in [1.807, 2.05) is 6.07 Å². The number of carbonyl (C=O) groups excluding carboxylic acids is 2. The van der Waals surface area contributed by atoms with Crippen LogP contribution in [0.4, 0.5) is 0 Å². The summed E-state index contributed by atoms with van der Waals surface area (Å²) in [5.41, 5.74) is 1.26. The number of nitrogens with one attached hydrogen (secondary N) is 2. The van der Waals surface area contributed by atoms with Gasteiger partial charge in [-0.25, -0.2) is 4.98 Å². The number of hydrogen-bond acceptors (Lipinski definition) is 4. The quantitative estimate of drug-likeness (QED) is 0.774. The molecule has 0 radical (unpaired) electrons. The van der Waals surface area contributed by atoms with Gasteiger partial charge in [0, 0.05) is 23.3 Å². The lowest BCUT2D eigenvalue weighted by atomic mass is 10.1. The molecule has 2 aromatic rings. The number of aromatic hydroxyl groups is 1. The van der Waals surface area contributed by atoms with Gasteiger partial charge in [-0.2, -0.15) is 0 Å². The fraction of sp³-hybridized carbons (Fsp3) is 0.235. The minimum absolute atomic E-state index is 0.142. The fourth-order valence-electron chi connectivity index (χ4n) is 2.11. The van der Waals surface area contributed by atoms with Crippen molar-refractivity contribution in [3.63, 3.8) is 0 Å². The molecular weight excluding hydrogens is 330 g/mol. The van der Waals surface area contributed by atoms with Crippen LogP contribution in [0.15, 0.2) is 36.5 Å². The van der Waals surface area contributed by atoms with Crippen LogP contribution in [0.3, 0.4) is 0 Å². The highest BCUT2D eigenvalue weighted by Crippen LogP contribution is 2.26. The first kappa shape index (κ1) is 17.7. The van der Waals surface area contributed by atoms with Gasteiger partial charge in [-0.3, -0.25) is 9.59 Å². The summed E-state index contributed by atoms with van der Waals surface area (Å²) in [5, 5.41) is 15.7. The molecule has 0 fully saturated rings. The fourth-order valence-corrected chi connectivity index (χ4v) is 2.30. The Balaban J connectivity index is 2.17. The third-order valence-electron chi connectivity index (χ3n) is 3.33. The predicted molar refractivity (Wildman–Crippen MR) is 92.0 cm³/mol. The standard InChI is InChI=1S/C17H18ClN3O3/c1-3-19-16(23)10(2)21-17(24)15-14(22)8-12(9-20-15)11-5-4-6-13(18)7-11/h4-10,22H,3H2,1-2H3,(H,19,23)(H,21,24). The summed E-state index contributed by atoms with van der Waals surface area (Å²) >= 11 is 5.94. The van der Waals surface area contributed by atoms with Crippen molar-refractivity contribution < 1.29 is 14.7 Å². The summed E-state index contributed by atoms with van der Waals surface area (Å²) < 4.78 is 0. The van der Waals surface area contributed by atoms with E-state index in [2.05, 4.69) is 15.6 Å². The van der Waals surface area contributed by atoms with E-state index in [9.17, 15) is 14.7 Å². The average Bonchev–Trinajstić information content (AvgIpc) is 2.54. The van der Waals surface area contributed by atoms with Gasteiger partial charge in [-0.1, -0.05) is 23.7 Å². The van der Waals surface area contributed by atoms with Gasteiger partial charge in [0.25, 0.3) is 5.91 Å². The van der Waals surface area contributed by atoms with Crippen molar-refractivity contribution in [2.75, 3.05) is 6.54 Å². The molecule has 0 aliphatic heterocycles. The van der Waals surface area contributed by atoms with E-state index in [1.54, 1.807) is 32.0 Å². The SMILES string of the molecule is CCNC(=O)C(C)NC(=O)c1ncc(-c2cccc(Cl)c2)cc1O. The molecule has 6 nitrogen and oxygen atoms in total. The molecule has 2 amide bonds. The molecule has 2 rings (SSSR count). The van der Waals surface area contributed by atoms with Gasteiger partial charge in [-0.05, 0) is 37.6 Å². The van der Waals surface area contributed by atoms with Crippen molar-refractivity contribution in [3.05, 3.63) is 47.2 Å². The number of halogens is 1. The number of hydrogen-bond donors (Lipinski definition) is 3. The molecule has 0 saturated heterocycles. The minimum atomic E-state index is -0.730. The van der Waals surface area contributed by atoms with Crippen molar-refractivity contribution >= 4 is 23.4 Å². The number of benzene rings is 1. The maximum atomic E-state index is 12.2. The molecule has 1 aromatic carbocycles. The summed E-state index contributed by atoms with van der Waals surface area (Å²) in [7, 11) is 0. The first-order valence-electron chi connectivity index (χ1n) is 7.46. The lowest BCUT2D eigenvalue weighted by Gasteiger charge is -2.13. The second-order valence-corrected chi connectivity index (χ2v) is 5.63. The normalized spacial score (nSPS) is 11.6. The highest BCUT2D eigenvalue weighted by molar-refractivity contribution is 6.30. The first-order valence-corrected chi connectivity index (χ1v) is 7.83. The molecule has 0 saturated carbocycles. The van der Waals surface area contributed by atoms with E-state index >= 15 is 0 Å². The molecule has 0 aliphatic carbocycles. The number of aromatic nitrogens is 1. The van der Waals surface area contributed by atoms with E-state index < -0.39 is 11.9 Å². The Kier molecular flexibility index (Phi) is 5.76. The second kappa shape index (κ2) is 7.79. The molecule has 1 atom stereocenters. The van der Waals surface area contributed by atoms with Crippen LogP contribution in [0.25, 0.3) is 11.1 Å². The Morgan fingerprint density at radius 1 is 1.29 bits per heavy atom. The molecule has 7 heteroatoms. The lowest BCUT2D eigenvalue weighted by Crippen LogP contribution is -2.44. The smallest absolute Gasteiger partial charge is 0.274 e. The van der Waals surface area contributed by atoms with E-state index in [1.165, 1.54) is 12.3 Å². The number of likely N-dealkylation sites (N-methyl/N-ethyl adjacent to an activating group) is 1. The van der Waals surface area contributed by atoms with Crippen molar-refractivity contribution in [2.45, 2.75) is 19.9 Å². The van der Waals surface area contributed by atoms with Gasteiger partial charge in [0.2, 0.25) is 5.91 Å². The number of amides is 2. The third kappa shape index (κ3) is 4.23. The lowest BCUT2D eigenvalue weighted by molar-refractivity contribution is -0.122. The zero-order valence-electron chi connectivity index (χ0n) is 13.3. The Bertz CT molecular complexity index is 764. The summed E-state index contributed by atoms with van der Waals surface area (Å²) in [6.45, 7) is 3.81. The van der Waals surface area contributed by atoms with Crippen LogP contribution in [-0.2, 0) is 4.79 Å². The van der Waals surface area contributed by atoms with E-state index in [0.717, 1.165) is 5.56 Å². The second-order valence-electron chi connectivity index (χ2n) is 5.19. The van der Waals surface area contributed by atoms with Gasteiger partial charge in [-0.15, -0.1) is 0 Å². The van der Waals surface area contributed by atoms with Gasteiger partial charge < -0.3 is 15.7 Å². The van der Waals surface area contributed by atoms with Gasteiger partial charge >= 0.3 is 0 Å². The van der Waals surface area contributed by atoms with Gasteiger partial charge in [0.05, 0.1) is 0 Å². The van der Waals surface area contributed by atoms with E-state index in [0.29, 0.717) is 17.1 Å². The molecule has 1 heterocycles. The maximum Gasteiger partial charge on any atom is 0.274 e. The number of nitrogens with zero attached hydrogens (tertiary/aromatic N) is 1. The van der Waals surface area contributed by atoms with Crippen molar-refractivity contribution in [1.29, 1.82) is 0 Å². The molecule has 0 spiro atoms. The third-order valence-corrected chi connectivity index (χ3v) is 3.57. The molecule has 3 N–H and O–H groups in total. The minimum Gasteiger partial charge on any atom is -0.505 e. The summed E-state index contributed by atoms with van der Waals surface area (Å²) in [6.07, 6.45) is 1.47. The molecule has 24 heavy (non-hydrogen) atoms. The highest BCUT2D eigenvalue weighted by atomic mass is 35.5. The van der Waals surface area contributed by atoms with Crippen LogP contribution in [0, 0.1) is 0 Å². The first-order chi connectivity index (χ1) is 11.4. The molecular formula is C17H18ClN3O3. The Hall–Kier alpha value is -2.60. The number of rotatable bonds is 5. The maximum absolute atomic E-state index is 12.2. The highest BCUT2D eigenvalue weighted by Gasteiger charge is 2.19. The van der Waals surface area contributed by atoms with Crippen LogP contribution < -0.4 is 10.6 Å². The molecule has 0 aliphatic rings. The number of carbonyl (C=O) groups is 2. The van der Waals surface area contributed by atoms with Gasteiger partial charge in [0.15, 0.2) is 5.69 Å². The molecule has 126 valence electrons. The van der Waals surface area contributed by atoms with Crippen LogP contribution in [0.1, 0.15) is 24.3 Å². The molecule has 1 aromatic heterocycles. The summed E-state index contributed by atoms with van der Waals surface area (Å²) in [5.74, 6) is -1.20. The molecule has 1 unspecified atom stereocenters. The Morgan fingerprint density at radius 3 is 2.67 bits per heavy atom. The van der Waals surface area contributed by atoms with Gasteiger partial charge in [0.1, 0.15) is 11.8 Å². The monoisotopic (exact) mass is 347 g/mol. The zero-order valence-corrected chi connectivity index (χ0v) is 14.1. The molecule has 0 bridgehead atoms. The average molecular weight is 348 g/mol. The van der Waals surface area contributed by atoms with Crippen LogP contribution >= 0.6 is 11.6 Å². The zero-order chi connectivity index (χ0) is 17.7. The predicted octanol–water partition coefficient (Wildman–Crippen LogP) is 2.36. The van der Waals surface area contributed by atoms with Crippen LogP contribution in [-0.4, -0.2) is 34.5 Å². The Labute approximate surface area is 144 Å². The largest absolute Gasteiger partial charge is 0.505 e. The van der Waals surface area contributed by atoms with Crippen molar-refractivity contribution in [2.24, 2.45) is 0 Å². The summed E-state index contributed by atoms with van der Waals surface area (Å²) in [6, 6.07) is 7.77.